The largest absolute Gasteiger partial charge is 0.494 e. The minimum atomic E-state index is -0.943. The molecule has 2 atom stereocenters. The lowest BCUT2D eigenvalue weighted by atomic mass is 9.80. The SMILES string of the molecule is CCCOc1ccc2c(c1)CN(CCN1CCOCC1)CCn1c-2c([C@H]2CCCC[C@@H]2F)c2ccc(C(=O)O)cc21. The normalized spacial score (nSPS) is 22.1. The van der Waals surface area contributed by atoms with E-state index in [0.717, 1.165) is 118 Å². The molecule has 3 aliphatic rings. The molecule has 0 radical (unpaired) electrons. The minimum absolute atomic E-state index is 0.195. The smallest absolute Gasteiger partial charge is 0.335 e. The van der Waals surface area contributed by atoms with Crippen LogP contribution in [0.1, 0.15) is 66.4 Å². The molecule has 1 N–H and O–H groups in total. The van der Waals surface area contributed by atoms with Crippen molar-refractivity contribution in [3.05, 3.63) is 53.1 Å². The third-order valence-electron chi connectivity index (χ3n) is 9.08. The summed E-state index contributed by atoms with van der Waals surface area (Å²) in [6.45, 7) is 10.5. The van der Waals surface area contributed by atoms with Gasteiger partial charge in [0.05, 0.1) is 31.1 Å². The first-order chi connectivity index (χ1) is 20.0. The number of aromatic carboxylic acids is 1. The zero-order valence-electron chi connectivity index (χ0n) is 24.1. The summed E-state index contributed by atoms with van der Waals surface area (Å²) in [7, 11) is 0. The highest BCUT2D eigenvalue weighted by atomic mass is 19.1. The van der Waals surface area contributed by atoms with E-state index in [1.807, 2.05) is 12.1 Å². The molecule has 41 heavy (non-hydrogen) atoms. The van der Waals surface area contributed by atoms with Crippen molar-refractivity contribution >= 4 is 16.9 Å². The fraction of sp³-hybridized carbons (Fsp3) is 0.545. The number of rotatable bonds is 8. The number of benzene rings is 2. The average molecular weight is 564 g/mol. The van der Waals surface area contributed by atoms with Crippen LogP contribution >= 0.6 is 0 Å². The van der Waals surface area contributed by atoms with Gasteiger partial charge in [0.15, 0.2) is 0 Å². The number of carboxylic acids is 1. The van der Waals surface area contributed by atoms with Crippen LogP contribution in [0.2, 0.25) is 0 Å². The Labute approximate surface area is 241 Å². The van der Waals surface area contributed by atoms with Crippen LogP contribution in [0.5, 0.6) is 5.75 Å². The van der Waals surface area contributed by atoms with E-state index in [9.17, 15) is 9.90 Å². The van der Waals surface area contributed by atoms with Gasteiger partial charge in [-0.2, -0.15) is 0 Å². The quantitative estimate of drug-likeness (QED) is 0.366. The Morgan fingerprint density at radius 2 is 1.83 bits per heavy atom. The molecule has 8 heteroatoms. The number of hydrogen-bond acceptors (Lipinski definition) is 5. The molecule has 0 bridgehead atoms. The molecule has 3 aromatic rings. The summed E-state index contributed by atoms with van der Waals surface area (Å²) in [6.07, 6.45) is 3.36. The number of ether oxygens (including phenoxy) is 2. The van der Waals surface area contributed by atoms with E-state index in [0.29, 0.717) is 13.0 Å². The number of hydrogen-bond donors (Lipinski definition) is 1. The molecule has 2 aromatic carbocycles. The second-order valence-corrected chi connectivity index (χ2v) is 11.8. The third-order valence-corrected chi connectivity index (χ3v) is 9.08. The predicted octanol–water partition coefficient (Wildman–Crippen LogP) is 5.94. The Balaban J connectivity index is 1.48. The van der Waals surface area contributed by atoms with Gasteiger partial charge in [0.2, 0.25) is 0 Å². The van der Waals surface area contributed by atoms with Gasteiger partial charge < -0.3 is 19.1 Å². The number of carbonyl (C=O) groups is 1. The Morgan fingerprint density at radius 1 is 1.02 bits per heavy atom. The topological polar surface area (TPSA) is 67.2 Å². The van der Waals surface area contributed by atoms with Gasteiger partial charge in [-0.3, -0.25) is 9.80 Å². The molecular formula is C33H42FN3O4. The highest BCUT2D eigenvalue weighted by Crippen LogP contribution is 2.47. The van der Waals surface area contributed by atoms with Gasteiger partial charge in [0.1, 0.15) is 11.9 Å². The predicted molar refractivity (Wildman–Crippen MR) is 159 cm³/mol. The summed E-state index contributed by atoms with van der Waals surface area (Å²) in [4.78, 5) is 17.0. The molecule has 3 heterocycles. The Bertz CT molecular complexity index is 1380. The number of halogens is 1. The first kappa shape index (κ1) is 28.2. The summed E-state index contributed by atoms with van der Waals surface area (Å²) in [6, 6.07) is 11.7. The van der Waals surface area contributed by atoms with E-state index in [-0.39, 0.29) is 11.5 Å². The summed E-state index contributed by atoms with van der Waals surface area (Å²) in [5.41, 5.74) is 5.54. The summed E-state index contributed by atoms with van der Waals surface area (Å²) in [5, 5.41) is 10.8. The van der Waals surface area contributed by atoms with Crippen LogP contribution in [-0.4, -0.2) is 84.2 Å². The maximum atomic E-state index is 15.7. The number of fused-ring (bicyclic) bond motifs is 5. The second kappa shape index (κ2) is 12.5. The highest BCUT2D eigenvalue weighted by molar-refractivity contribution is 5.98. The van der Waals surface area contributed by atoms with Crippen LogP contribution in [0, 0.1) is 0 Å². The maximum absolute atomic E-state index is 15.7. The van der Waals surface area contributed by atoms with Gasteiger partial charge in [-0.25, -0.2) is 9.18 Å². The van der Waals surface area contributed by atoms with Crippen LogP contribution in [0.15, 0.2) is 36.4 Å². The zero-order valence-corrected chi connectivity index (χ0v) is 24.1. The molecule has 220 valence electrons. The van der Waals surface area contributed by atoms with Gasteiger partial charge >= 0.3 is 5.97 Å². The van der Waals surface area contributed by atoms with E-state index in [4.69, 9.17) is 9.47 Å². The zero-order chi connectivity index (χ0) is 28.3. The van der Waals surface area contributed by atoms with E-state index in [2.05, 4.69) is 33.4 Å². The van der Waals surface area contributed by atoms with Crippen molar-refractivity contribution in [1.82, 2.24) is 14.4 Å². The molecule has 2 aliphatic heterocycles. The van der Waals surface area contributed by atoms with Crippen LogP contribution < -0.4 is 4.74 Å². The van der Waals surface area contributed by atoms with Crippen LogP contribution in [0.25, 0.3) is 22.2 Å². The van der Waals surface area contributed by atoms with Gasteiger partial charge in [-0.15, -0.1) is 0 Å². The third kappa shape index (κ3) is 5.87. The Kier molecular flexibility index (Phi) is 8.60. The lowest BCUT2D eigenvalue weighted by molar-refractivity contribution is 0.0327. The van der Waals surface area contributed by atoms with E-state index in [1.54, 1.807) is 12.1 Å². The fourth-order valence-electron chi connectivity index (χ4n) is 6.92. The summed E-state index contributed by atoms with van der Waals surface area (Å²) < 4.78 is 29.6. The van der Waals surface area contributed by atoms with E-state index in [1.165, 1.54) is 5.56 Å². The van der Waals surface area contributed by atoms with Crippen LogP contribution in [0.4, 0.5) is 4.39 Å². The monoisotopic (exact) mass is 563 g/mol. The standard InChI is InChI=1S/C33H42FN3O4/c1-2-17-41-25-8-10-26-24(20-25)22-36(12-11-35-15-18-40-19-16-35)13-14-37-30-21-23(33(38)39)7-9-28(30)31(32(26)37)27-5-3-4-6-29(27)34/h7-10,20-21,27,29H,2-6,11-19,22H2,1H3,(H,38,39)/t27-,29-/m0/s1. The van der Waals surface area contributed by atoms with Gasteiger partial charge in [0.25, 0.3) is 0 Å². The second-order valence-electron chi connectivity index (χ2n) is 11.8. The molecule has 1 aromatic heterocycles. The van der Waals surface area contributed by atoms with Crippen LogP contribution in [0.3, 0.4) is 0 Å². The van der Waals surface area contributed by atoms with Crippen molar-refractivity contribution in [3.8, 4) is 17.0 Å². The molecule has 7 nitrogen and oxygen atoms in total. The molecule has 0 amide bonds. The van der Waals surface area contributed by atoms with E-state index >= 15 is 4.39 Å². The maximum Gasteiger partial charge on any atom is 0.335 e. The molecule has 6 rings (SSSR count). The first-order valence-electron chi connectivity index (χ1n) is 15.4. The van der Waals surface area contributed by atoms with Crippen molar-refractivity contribution in [1.29, 1.82) is 0 Å². The van der Waals surface area contributed by atoms with Crippen molar-refractivity contribution < 1.29 is 23.8 Å². The molecular weight excluding hydrogens is 521 g/mol. The summed E-state index contributed by atoms with van der Waals surface area (Å²) in [5.74, 6) is -0.280. The minimum Gasteiger partial charge on any atom is -0.494 e. The van der Waals surface area contributed by atoms with Crippen molar-refractivity contribution in [2.45, 2.75) is 64.2 Å². The lowest BCUT2D eigenvalue weighted by Crippen LogP contribution is -2.42. The number of carboxylic acid groups (broad SMARTS) is 1. The molecule has 0 unspecified atom stereocenters. The number of nitrogens with zero attached hydrogens (tertiary/aromatic N) is 3. The number of aromatic nitrogens is 1. The fourth-order valence-corrected chi connectivity index (χ4v) is 6.92. The number of alkyl halides is 1. The molecule has 2 fully saturated rings. The Hall–Kier alpha value is -2.94. The molecule has 1 saturated heterocycles. The van der Waals surface area contributed by atoms with E-state index < -0.39 is 12.1 Å². The highest BCUT2D eigenvalue weighted by Gasteiger charge is 2.34. The lowest BCUT2D eigenvalue weighted by Gasteiger charge is -2.33. The van der Waals surface area contributed by atoms with Crippen molar-refractivity contribution in [3.63, 3.8) is 0 Å². The van der Waals surface area contributed by atoms with Crippen molar-refractivity contribution in [2.75, 3.05) is 52.5 Å². The molecule has 1 aliphatic carbocycles. The average Bonchev–Trinajstić information content (AvgIpc) is 3.29. The first-order valence-corrected chi connectivity index (χ1v) is 15.4. The van der Waals surface area contributed by atoms with Crippen molar-refractivity contribution in [2.24, 2.45) is 0 Å². The molecule has 0 spiro atoms. The number of morpholine rings is 1. The molecule has 1 saturated carbocycles. The summed E-state index contributed by atoms with van der Waals surface area (Å²) >= 11 is 0. The van der Waals surface area contributed by atoms with Gasteiger partial charge in [0, 0.05) is 68.2 Å². The van der Waals surface area contributed by atoms with Gasteiger partial charge in [-0.05, 0) is 60.7 Å². The Morgan fingerprint density at radius 3 is 2.61 bits per heavy atom. The van der Waals surface area contributed by atoms with Gasteiger partial charge in [-0.1, -0.05) is 25.8 Å². The van der Waals surface area contributed by atoms with Crippen LogP contribution in [-0.2, 0) is 17.8 Å².